The van der Waals surface area contributed by atoms with E-state index >= 15 is 0 Å². The predicted molar refractivity (Wildman–Crippen MR) is 181 cm³/mol. The van der Waals surface area contributed by atoms with Crippen molar-refractivity contribution in [1.82, 2.24) is 0 Å². The van der Waals surface area contributed by atoms with Gasteiger partial charge < -0.3 is 35.3 Å². The molecule has 7 nitrogen and oxygen atoms in total. The molecule has 2 fully saturated rings. The second kappa shape index (κ2) is 13.7. The van der Waals surface area contributed by atoms with Crippen molar-refractivity contribution in [3.63, 3.8) is 0 Å². The Kier molecular flexibility index (Phi) is 10.0. The van der Waals surface area contributed by atoms with Crippen LogP contribution in [-0.2, 0) is 0 Å². The first-order chi connectivity index (χ1) is 22.2. The number of phenols is 1. The molecule has 2 aliphatic rings. The van der Waals surface area contributed by atoms with Gasteiger partial charge in [-0.15, -0.1) is 24.4 Å². The van der Waals surface area contributed by atoms with E-state index < -0.39 is 48.1 Å². The maximum absolute atomic E-state index is 12.8. The molecule has 0 radical (unpaired) electrons. The highest BCUT2D eigenvalue weighted by Gasteiger charge is 2.40. The van der Waals surface area contributed by atoms with Crippen molar-refractivity contribution in [3.05, 3.63) is 123 Å². The summed E-state index contributed by atoms with van der Waals surface area (Å²) >= 11 is 0. The van der Waals surface area contributed by atoms with E-state index in [0.717, 1.165) is 44.8 Å². The Hall–Kier alpha value is -3.88. The lowest BCUT2D eigenvalue weighted by Crippen LogP contribution is -2.63. The van der Waals surface area contributed by atoms with Crippen LogP contribution in [0.3, 0.4) is 0 Å². The lowest BCUT2D eigenvalue weighted by Gasteiger charge is -2.62. The third-order valence-electron chi connectivity index (χ3n) is 10.3. The summed E-state index contributed by atoms with van der Waals surface area (Å²) in [7, 11) is 7.70. The Morgan fingerprint density at radius 3 is 1.34 bits per heavy atom. The number of benzene rings is 4. The minimum absolute atomic E-state index is 0.0348. The Labute approximate surface area is 279 Å². The minimum atomic E-state index is -1.03. The molecule has 6 rings (SSSR count). The van der Waals surface area contributed by atoms with Gasteiger partial charge in [-0.25, -0.2) is 0 Å². The van der Waals surface area contributed by atoms with E-state index in [-0.39, 0.29) is 5.75 Å². The highest BCUT2D eigenvalue weighted by molar-refractivity contribution is 5.55. The third kappa shape index (κ3) is 6.63. The van der Waals surface area contributed by atoms with Gasteiger partial charge in [-0.3, -0.25) is 0 Å². The first kappa shape index (κ1) is 34.5. The van der Waals surface area contributed by atoms with Crippen LogP contribution in [0, 0.1) is 27.7 Å². The highest BCUT2D eigenvalue weighted by Crippen LogP contribution is 2.49. The summed E-state index contributed by atoms with van der Waals surface area (Å²) in [5, 5.41) is 61.0. The highest BCUT2D eigenvalue weighted by atomic mass is 16.3. The van der Waals surface area contributed by atoms with Crippen LogP contribution in [0.4, 0.5) is 11.4 Å². The predicted octanol–water partition coefficient (Wildman–Crippen LogP) is 3.12. The lowest BCUT2D eigenvalue weighted by atomic mass is 9.63. The van der Waals surface area contributed by atoms with Gasteiger partial charge in [0.2, 0.25) is 0 Å². The van der Waals surface area contributed by atoms with Crippen LogP contribution in [0.1, 0.15) is 68.2 Å². The van der Waals surface area contributed by atoms with Crippen molar-refractivity contribution in [2.45, 2.75) is 75.8 Å². The fourth-order valence-corrected chi connectivity index (χ4v) is 6.98. The van der Waals surface area contributed by atoms with Crippen LogP contribution in [0.25, 0.3) is 0 Å². The normalized spacial score (nSPS) is 26.4. The van der Waals surface area contributed by atoms with Crippen molar-refractivity contribution >= 4 is 11.4 Å². The topological polar surface area (TPSA) is 119 Å². The second-order valence-corrected chi connectivity index (χ2v) is 13.8. The monoisotopic (exact) mass is 634 g/mol. The van der Waals surface area contributed by atoms with E-state index in [2.05, 4.69) is 0 Å². The molecule has 250 valence electrons. The minimum Gasteiger partial charge on any atom is -0.851 e. The van der Waals surface area contributed by atoms with E-state index in [9.17, 15) is 25.5 Å². The molecule has 0 spiro atoms. The Morgan fingerprint density at radius 2 is 0.894 bits per heavy atom. The first-order valence-electron chi connectivity index (χ1n) is 16.3. The van der Waals surface area contributed by atoms with Crippen LogP contribution >= 0.6 is 0 Å². The zero-order valence-electron chi connectivity index (χ0n) is 28.6. The third-order valence-corrected chi connectivity index (χ3v) is 10.3. The molecule has 2 saturated carbocycles. The molecule has 4 aromatic carbocycles. The van der Waals surface area contributed by atoms with Gasteiger partial charge in [0.15, 0.2) is 0 Å². The van der Waals surface area contributed by atoms with E-state index in [1.165, 1.54) is 5.56 Å². The molecule has 4 aromatic rings. The van der Waals surface area contributed by atoms with Crippen LogP contribution in [0.5, 0.6) is 5.75 Å². The lowest BCUT2D eigenvalue weighted by molar-refractivity contribution is -0.536. The quantitative estimate of drug-likeness (QED) is 0.346. The van der Waals surface area contributed by atoms with E-state index in [4.69, 9.17) is 0 Å². The van der Waals surface area contributed by atoms with Gasteiger partial charge in [0.05, 0.1) is 0 Å². The maximum Gasteiger partial charge on any atom is 0.121 e. The number of hydrogen-bond acceptors (Lipinski definition) is 7. The van der Waals surface area contributed by atoms with Crippen LogP contribution in [0.15, 0.2) is 78.9 Å². The van der Waals surface area contributed by atoms with Crippen molar-refractivity contribution < 1.29 is 25.5 Å². The number of rotatable bonds is 6. The fourth-order valence-electron chi connectivity index (χ4n) is 6.98. The van der Waals surface area contributed by atoms with E-state index in [1.807, 2.05) is 132 Å². The van der Waals surface area contributed by atoms with E-state index in [0.29, 0.717) is 5.56 Å². The van der Waals surface area contributed by atoms with E-state index in [1.54, 1.807) is 12.1 Å². The van der Waals surface area contributed by atoms with Gasteiger partial charge in [-0.05, 0) is 109 Å². The molecule has 47 heavy (non-hydrogen) atoms. The van der Waals surface area contributed by atoms with Crippen LogP contribution < -0.4 is 30.2 Å². The molecule has 0 bridgehead atoms. The number of aryl methyl sites for hydroxylation is 3. The summed E-state index contributed by atoms with van der Waals surface area (Å²) in [4.78, 5) is 3.87. The average molecular weight is 635 g/mol. The summed E-state index contributed by atoms with van der Waals surface area (Å²) in [6.07, 6.45) is -3.76. The number of hydrogen-bond donors (Lipinski definition) is 1. The first-order valence-corrected chi connectivity index (χ1v) is 16.3. The number of phenolic OH excluding ortho intramolecular Hbond substituents is 1. The Bertz CT molecular complexity index is 1640. The summed E-state index contributed by atoms with van der Waals surface area (Å²) in [6, 6.07) is 24.6. The summed E-state index contributed by atoms with van der Waals surface area (Å²) in [6.45, 7) is 8.07. The molecule has 0 saturated heterocycles. The van der Waals surface area contributed by atoms with Crippen molar-refractivity contribution in [2.75, 3.05) is 38.0 Å². The smallest absolute Gasteiger partial charge is 0.121 e. The van der Waals surface area contributed by atoms with Gasteiger partial charge >= 0.3 is 0 Å². The summed E-state index contributed by atoms with van der Waals surface area (Å²) < 4.78 is 0. The zero-order chi connectivity index (χ0) is 34.3. The van der Waals surface area contributed by atoms with Crippen LogP contribution in [-0.4, -0.2) is 57.7 Å². The summed E-state index contributed by atoms with van der Waals surface area (Å²) in [5.41, 5.74) is 9.52. The molecule has 4 atom stereocenters. The second-order valence-electron chi connectivity index (χ2n) is 13.8. The maximum atomic E-state index is 12.8. The number of aromatic hydroxyl groups is 1. The zero-order valence-corrected chi connectivity index (χ0v) is 28.6. The molecule has 4 unspecified atom stereocenters. The van der Waals surface area contributed by atoms with Gasteiger partial charge in [-0.2, -0.15) is 0 Å². The molecule has 0 aromatic heterocycles. The fraction of sp³-hybridized carbons (Fsp3) is 0.400. The van der Waals surface area contributed by atoms with Gasteiger partial charge in [0, 0.05) is 45.6 Å². The van der Waals surface area contributed by atoms with Gasteiger partial charge in [-0.1, -0.05) is 60.2 Å². The SMILES string of the molecule is Cc1cc(C2C([O-])C(c3ccc(N(C)C)cc3O)C2[O-])cc(C)c1C.Cc1ccc(C2C([O-])C(c3ccc(N(C)C)cc3)C2[O-])cc1. The molecule has 2 aliphatic carbocycles. The molecule has 0 heterocycles. The Morgan fingerprint density at radius 1 is 0.489 bits per heavy atom. The number of anilines is 2. The molecular formula is C40H46N2O5-4. The van der Waals surface area contributed by atoms with Crippen molar-refractivity contribution in [2.24, 2.45) is 0 Å². The number of nitrogens with zero attached hydrogens (tertiary/aromatic N) is 2. The standard InChI is InChI=1S/C21H25NO3.C19H21NO2/c1-11-8-14(9-12(2)13(11)3)18-20(24)19(21(18)25)16-7-6-15(22(4)5)10-17(16)23;1-12-4-6-13(7-5-12)16-18(21)17(19(16)22)14-8-10-15(11-9-14)20(2)3/h6-10,18-21,23H,1-5H3;4-11,16-19H,1-3H3/q2*-2. The average Bonchev–Trinajstić information content (AvgIpc) is 3.02. The molecule has 0 aliphatic heterocycles. The van der Waals surface area contributed by atoms with Crippen LogP contribution in [0.2, 0.25) is 0 Å². The van der Waals surface area contributed by atoms with Gasteiger partial charge in [0.25, 0.3) is 0 Å². The van der Waals surface area contributed by atoms with Gasteiger partial charge in [0.1, 0.15) is 5.75 Å². The molecule has 1 N–H and O–H groups in total. The molecule has 7 heteroatoms. The Balaban J connectivity index is 0.000000186. The molecular weight excluding hydrogens is 588 g/mol. The summed E-state index contributed by atoms with van der Waals surface area (Å²) in [5.74, 6) is -2.05. The largest absolute Gasteiger partial charge is 0.851 e. The molecule has 0 amide bonds. The van der Waals surface area contributed by atoms with Crippen molar-refractivity contribution in [3.8, 4) is 5.75 Å². The van der Waals surface area contributed by atoms with Crippen molar-refractivity contribution in [1.29, 1.82) is 0 Å².